The fourth-order valence-corrected chi connectivity index (χ4v) is 2.09. The lowest BCUT2D eigenvalue weighted by Crippen LogP contribution is -2.35. The molecule has 1 atom stereocenters. The second-order valence-electron chi connectivity index (χ2n) is 4.65. The maximum absolute atomic E-state index is 5.31. The van der Waals surface area contributed by atoms with Crippen molar-refractivity contribution in [3.05, 3.63) is 30.2 Å². The average molecular weight is 291 g/mol. The molecule has 0 saturated heterocycles. The van der Waals surface area contributed by atoms with Crippen molar-refractivity contribution in [2.45, 2.75) is 19.4 Å². The molecule has 1 aromatic carbocycles. The van der Waals surface area contributed by atoms with Gasteiger partial charge in [-0.1, -0.05) is 12.1 Å². The number of methoxy groups -OCH3 is 2. The van der Waals surface area contributed by atoms with E-state index in [1.807, 2.05) is 24.3 Å². The van der Waals surface area contributed by atoms with Crippen molar-refractivity contribution in [2.75, 3.05) is 27.4 Å². The van der Waals surface area contributed by atoms with Gasteiger partial charge in [0.25, 0.3) is 0 Å². The zero-order valence-electron chi connectivity index (χ0n) is 12.6. The van der Waals surface area contributed by atoms with Gasteiger partial charge in [0, 0.05) is 25.1 Å². The minimum atomic E-state index is 0.171. The van der Waals surface area contributed by atoms with E-state index in [-0.39, 0.29) is 6.04 Å². The van der Waals surface area contributed by atoms with Crippen molar-refractivity contribution < 1.29 is 14.0 Å². The van der Waals surface area contributed by atoms with Crippen LogP contribution in [-0.2, 0) is 11.2 Å². The summed E-state index contributed by atoms with van der Waals surface area (Å²) in [5.74, 6) is 1.99. The van der Waals surface area contributed by atoms with Crippen molar-refractivity contribution in [3.8, 4) is 17.1 Å². The lowest BCUT2D eigenvalue weighted by Gasteiger charge is -2.14. The van der Waals surface area contributed by atoms with Crippen LogP contribution in [0.4, 0.5) is 0 Å². The van der Waals surface area contributed by atoms with Gasteiger partial charge in [-0.3, -0.25) is 0 Å². The molecule has 0 radical (unpaired) electrons. The Morgan fingerprint density at radius 3 is 2.62 bits per heavy atom. The Bertz CT molecular complexity index is 533. The molecule has 2 aromatic rings. The van der Waals surface area contributed by atoms with Gasteiger partial charge in [0.2, 0.25) is 11.7 Å². The second-order valence-corrected chi connectivity index (χ2v) is 4.65. The highest BCUT2D eigenvalue weighted by atomic mass is 16.5. The number of nitrogens with zero attached hydrogens (tertiary/aromatic N) is 2. The predicted octanol–water partition coefficient (Wildman–Crippen LogP) is 1.91. The van der Waals surface area contributed by atoms with E-state index in [0.717, 1.165) is 17.9 Å². The molecule has 2 rings (SSSR count). The molecule has 1 unspecified atom stereocenters. The zero-order chi connectivity index (χ0) is 15.1. The first-order chi connectivity index (χ1) is 10.3. The normalized spacial score (nSPS) is 12.3. The van der Waals surface area contributed by atoms with Crippen LogP contribution in [0.2, 0.25) is 0 Å². The molecular formula is C15H21N3O3. The fourth-order valence-electron chi connectivity index (χ4n) is 2.09. The van der Waals surface area contributed by atoms with Crippen molar-refractivity contribution in [1.29, 1.82) is 0 Å². The molecule has 1 heterocycles. The summed E-state index contributed by atoms with van der Waals surface area (Å²) < 4.78 is 15.6. The van der Waals surface area contributed by atoms with Crippen LogP contribution in [-0.4, -0.2) is 43.6 Å². The smallest absolute Gasteiger partial charge is 0.228 e. The highest BCUT2D eigenvalue weighted by Crippen LogP contribution is 2.20. The lowest BCUT2D eigenvalue weighted by molar-refractivity contribution is 0.162. The van der Waals surface area contributed by atoms with Gasteiger partial charge in [-0.15, -0.1) is 0 Å². The van der Waals surface area contributed by atoms with Gasteiger partial charge in [0.1, 0.15) is 5.75 Å². The van der Waals surface area contributed by atoms with Crippen LogP contribution < -0.4 is 10.1 Å². The van der Waals surface area contributed by atoms with Crippen molar-refractivity contribution in [1.82, 2.24) is 15.5 Å². The number of aromatic nitrogens is 2. The Labute approximate surface area is 124 Å². The third-order valence-corrected chi connectivity index (χ3v) is 3.10. The first kappa shape index (κ1) is 15.5. The summed E-state index contributed by atoms with van der Waals surface area (Å²) in [7, 11) is 3.32. The third kappa shape index (κ3) is 4.27. The van der Waals surface area contributed by atoms with Gasteiger partial charge in [-0.25, -0.2) is 0 Å². The summed E-state index contributed by atoms with van der Waals surface area (Å²) >= 11 is 0. The maximum atomic E-state index is 5.31. The topological polar surface area (TPSA) is 69.4 Å². The van der Waals surface area contributed by atoms with Crippen LogP contribution in [0.5, 0.6) is 5.75 Å². The van der Waals surface area contributed by atoms with Gasteiger partial charge in [-0.2, -0.15) is 4.98 Å². The summed E-state index contributed by atoms with van der Waals surface area (Å²) in [5.41, 5.74) is 0.901. The Kier molecular flexibility index (Phi) is 5.71. The van der Waals surface area contributed by atoms with E-state index in [9.17, 15) is 0 Å². The van der Waals surface area contributed by atoms with Crippen molar-refractivity contribution in [2.24, 2.45) is 0 Å². The maximum Gasteiger partial charge on any atom is 0.228 e. The molecule has 1 N–H and O–H groups in total. The Morgan fingerprint density at radius 2 is 2.00 bits per heavy atom. The number of nitrogens with one attached hydrogen (secondary N) is 1. The molecule has 0 aliphatic rings. The quantitative estimate of drug-likeness (QED) is 0.801. The highest BCUT2D eigenvalue weighted by Gasteiger charge is 2.14. The molecule has 21 heavy (non-hydrogen) atoms. The fraction of sp³-hybridized carbons (Fsp3) is 0.467. The lowest BCUT2D eigenvalue weighted by atomic mass is 10.2. The molecule has 114 valence electrons. The summed E-state index contributed by atoms with van der Waals surface area (Å²) in [6.45, 7) is 3.53. The number of hydrogen-bond acceptors (Lipinski definition) is 6. The highest BCUT2D eigenvalue weighted by molar-refractivity contribution is 5.55. The summed E-state index contributed by atoms with van der Waals surface area (Å²) in [6, 6.07) is 7.73. The SMILES string of the molecule is CCNC(COC)Cc1nc(-c2ccc(OC)cc2)no1. The number of benzene rings is 1. The number of likely N-dealkylation sites (N-methyl/N-ethyl adjacent to an activating group) is 1. The van der Waals surface area contributed by atoms with Crippen LogP contribution in [0.25, 0.3) is 11.4 Å². The van der Waals surface area contributed by atoms with Gasteiger partial charge < -0.3 is 19.3 Å². The largest absolute Gasteiger partial charge is 0.497 e. The van der Waals surface area contributed by atoms with Crippen LogP contribution in [0, 0.1) is 0 Å². The van der Waals surface area contributed by atoms with Crippen LogP contribution in [0.3, 0.4) is 0 Å². The van der Waals surface area contributed by atoms with Crippen molar-refractivity contribution >= 4 is 0 Å². The number of rotatable bonds is 8. The number of hydrogen-bond donors (Lipinski definition) is 1. The van der Waals surface area contributed by atoms with E-state index in [1.54, 1.807) is 14.2 Å². The first-order valence-corrected chi connectivity index (χ1v) is 6.96. The molecule has 0 aliphatic carbocycles. The third-order valence-electron chi connectivity index (χ3n) is 3.10. The molecule has 0 aliphatic heterocycles. The predicted molar refractivity (Wildman–Crippen MR) is 79.3 cm³/mol. The van der Waals surface area contributed by atoms with Crippen LogP contribution >= 0.6 is 0 Å². The Balaban J connectivity index is 2.05. The van der Waals surface area contributed by atoms with E-state index < -0.39 is 0 Å². The summed E-state index contributed by atoms with van der Waals surface area (Å²) in [5, 5.41) is 7.35. The molecule has 6 heteroatoms. The molecule has 1 aromatic heterocycles. The van der Waals surface area contributed by atoms with Crippen LogP contribution in [0.1, 0.15) is 12.8 Å². The van der Waals surface area contributed by atoms with Crippen LogP contribution in [0.15, 0.2) is 28.8 Å². The van der Waals surface area contributed by atoms with E-state index in [2.05, 4.69) is 22.4 Å². The molecular weight excluding hydrogens is 270 g/mol. The van der Waals surface area contributed by atoms with Gasteiger partial charge in [0.15, 0.2) is 0 Å². The molecule has 0 fully saturated rings. The van der Waals surface area contributed by atoms with Crippen molar-refractivity contribution in [3.63, 3.8) is 0 Å². The average Bonchev–Trinajstić information content (AvgIpc) is 2.96. The minimum absolute atomic E-state index is 0.171. The van der Waals surface area contributed by atoms with Gasteiger partial charge in [-0.05, 0) is 30.8 Å². The monoisotopic (exact) mass is 291 g/mol. The van der Waals surface area contributed by atoms with E-state index in [1.165, 1.54) is 0 Å². The Morgan fingerprint density at radius 1 is 1.24 bits per heavy atom. The molecule has 0 bridgehead atoms. The first-order valence-electron chi connectivity index (χ1n) is 6.96. The number of ether oxygens (including phenoxy) is 2. The van der Waals surface area contributed by atoms with E-state index >= 15 is 0 Å². The molecule has 0 spiro atoms. The second kappa shape index (κ2) is 7.75. The molecule has 6 nitrogen and oxygen atoms in total. The Hall–Kier alpha value is -1.92. The minimum Gasteiger partial charge on any atom is -0.497 e. The summed E-state index contributed by atoms with van der Waals surface area (Å²) in [6.07, 6.45) is 0.644. The molecule has 0 saturated carbocycles. The van der Waals surface area contributed by atoms with Gasteiger partial charge in [0.05, 0.1) is 13.7 Å². The molecule has 0 amide bonds. The summed E-state index contributed by atoms with van der Waals surface area (Å²) in [4.78, 5) is 4.43. The van der Waals surface area contributed by atoms with Gasteiger partial charge >= 0.3 is 0 Å². The zero-order valence-corrected chi connectivity index (χ0v) is 12.6. The standard InChI is InChI=1S/C15H21N3O3/c1-4-16-12(10-19-2)9-14-17-15(18-21-14)11-5-7-13(20-3)8-6-11/h5-8,12,16H,4,9-10H2,1-3H3. The van der Waals surface area contributed by atoms with E-state index in [4.69, 9.17) is 14.0 Å². The van der Waals surface area contributed by atoms with E-state index in [0.29, 0.717) is 24.7 Å².